The first-order valence-electron chi connectivity index (χ1n) is 8.50. The van der Waals surface area contributed by atoms with Gasteiger partial charge in [-0.25, -0.2) is 0 Å². The molecule has 0 spiro atoms. The molecule has 0 amide bonds. The maximum absolute atomic E-state index is 5.60. The Morgan fingerprint density at radius 3 is 2.30 bits per heavy atom. The van der Waals surface area contributed by atoms with E-state index < -0.39 is 0 Å². The molecule has 2 heteroatoms. The van der Waals surface area contributed by atoms with Crippen molar-refractivity contribution in [1.82, 2.24) is 5.32 Å². The Morgan fingerprint density at radius 2 is 1.75 bits per heavy atom. The van der Waals surface area contributed by atoms with E-state index in [-0.39, 0.29) is 5.60 Å². The molecule has 0 bridgehead atoms. The number of ether oxygens (including phenoxy) is 1. The van der Waals surface area contributed by atoms with E-state index in [1.165, 1.54) is 25.7 Å². The van der Waals surface area contributed by atoms with E-state index >= 15 is 0 Å². The van der Waals surface area contributed by atoms with Gasteiger partial charge in [-0.2, -0.15) is 0 Å². The average Bonchev–Trinajstić information content (AvgIpc) is 2.37. The van der Waals surface area contributed by atoms with E-state index in [2.05, 4.69) is 46.9 Å². The van der Waals surface area contributed by atoms with Crippen molar-refractivity contribution in [3.63, 3.8) is 0 Å². The highest BCUT2D eigenvalue weighted by molar-refractivity contribution is 4.92. The molecule has 20 heavy (non-hydrogen) atoms. The summed E-state index contributed by atoms with van der Waals surface area (Å²) in [5.74, 6) is 1.67. The second-order valence-corrected chi connectivity index (χ2v) is 8.14. The standard InChI is InChI=1S/C18H37NO/c1-8-19-16-13-14(2)9-10-15(16)17(3,4)11-12-18(5,6)20-7/h14-16,19H,8-13H2,1-7H3. The van der Waals surface area contributed by atoms with Gasteiger partial charge in [0.1, 0.15) is 0 Å². The van der Waals surface area contributed by atoms with Gasteiger partial charge in [0.25, 0.3) is 0 Å². The predicted molar refractivity (Wildman–Crippen MR) is 88.1 cm³/mol. The van der Waals surface area contributed by atoms with E-state index in [0.717, 1.165) is 24.8 Å². The van der Waals surface area contributed by atoms with E-state index in [1.807, 2.05) is 7.11 Å². The van der Waals surface area contributed by atoms with Gasteiger partial charge in [0.05, 0.1) is 5.60 Å². The molecule has 2 nitrogen and oxygen atoms in total. The van der Waals surface area contributed by atoms with Gasteiger partial charge in [-0.05, 0) is 63.3 Å². The van der Waals surface area contributed by atoms with Gasteiger partial charge < -0.3 is 10.1 Å². The monoisotopic (exact) mass is 283 g/mol. The molecular weight excluding hydrogens is 246 g/mol. The number of hydrogen-bond donors (Lipinski definition) is 1. The summed E-state index contributed by atoms with van der Waals surface area (Å²) < 4.78 is 5.60. The first kappa shape index (κ1) is 18.0. The summed E-state index contributed by atoms with van der Waals surface area (Å²) in [7, 11) is 1.83. The summed E-state index contributed by atoms with van der Waals surface area (Å²) in [6.07, 6.45) is 6.49. The van der Waals surface area contributed by atoms with Crippen molar-refractivity contribution in [2.75, 3.05) is 13.7 Å². The molecule has 1 N–H and O–H groups in total. The van der Waals surface area contributed by atoms with Crippen LogP contribution in [0.3, 0.4) is 0 Å². The van der Waals surface area contributed by atoms with Crippen LogP contribution in [-0.2, 0) is 4.74 Å². The van der Waals surface area contributed by atoms with Crippen molar-refractivity contribution in [2.24, 2.45) is 17.3 Å². The first-order valence-corrected chi connectivity index (χ1v) is 8.50. The molecule has 120 valence electrons. The van der Waals surface area contributed by atoms with Crippen LogP contribution in [0.25, 0.3) is 0 Å². The van der Waals surface area contributed by atoms with Gasteiger partial charge in [0.15, 0.2) is 0 Å². The smallest absolute Gasteiger partial charge is 0.0623 e. The van der Waals surface area contributed by atoms with Gasteiger partial charge in [-0.1, -0.05) is 34.1 Å². The molecule has 3 unspecified atom stereocenters. The quantitative estimate of drug-likeness (QED) is 0.735. The van der Waals surface area contributed by atoms with Gasteiger partial charge >= 0.3 is 0 Å². The molecule has 0 aliphatic heterocycles. The molecule has 1 rings (SSSR count). The molecule has 0 saturated heterocycles. The average molecular weight is 284 g/mol. The van der Waals surface area contributed by atoms with Gasteiger partial charge in [0.2, 0.25) is 0 Å². The Bertz CT molecular complexity index is 285. The third-order valence-corrected chi connectivity index (χ3v) is 5.51. The third kappa shape index (κ3) is 5.04. The zero-order chi connectivity index (χ0) is 15.4. The molecule has 1 fully saturated rings. The van der Waals surface area contributed by atoms with E-state index in [4.69, 9.17) is 4.74 Å². The third-order valence-electron chi connectivity index (χ3n) is 5.51. The Labute approximate surface area is 127 Å². The van der Waals surface area contributed by atoms with Crippen LogP contribution in [0.15, 0.2) is 0 Å². The van der Waals surface area contributed by atoms with E-state index in [0.29, 0.717) is 11.5 Å². The van der Waals surface area contributed by atoms with Crippen LogP contribution < -0.4 is 5.32 Å². The molecule has 0 radical (unpaired) electrons. The molecule has 3 atom stereocenters. The molecule has 1 aliphatic carbocycles. The summed E-state index contributed by atoms with van der Waals surface area (Å²) in [6.45, 7) is 15.1. The fourth-order valence-corrected chi connectivity index (χ4v) is 3.71. The Balaban J connectivity index is 2.67. The van der Waals surface area contributed by atoms with Crippen LogP contribution in [0.4, 0.5) is 0 Å². The normalized spacial score (nSPS) is 28.6. The molecule has 0 heterocycles. The molecule has 0 aromatic heterocycles. The summed E-state index contributed by atoms with van der Waals surface area (Å²) in [4.78, 5) is 0. The Hall–Kier alpha value is -0.0800. The lowest BCUT2D eigenvalue weighted by atomic mass is 9.64. The van der Waals surface area contributed by atoms with Crippen molar-refractivity contribution < 1.29 is 4.74 Å². The van der Waals surface area contributed by atoms with Gasteiger partial charge in [0, 0.05) is 13.2 Å². The molecule has 0 aromatic carbocycles. The van der Waals surface area contributed by atoms with Crippen molar-refractivity contribution >= 4 is 0 Å². The Morgan fingerprint density at radius 1 is 1.10 bits per heavy atom. The van der Waals surface area contributed by atoms with Crippen LogP contribution in [0.5, 0.6) is 0 Å². The molecule has 1 saturated carbocycles. The highest BCUT2D eigenvalue weighted by atomic mass is 16.5. The van der Waals surface area contributed by atoms with Gasteiger partial charge in [-0.3, -0.25) is 0 Å². The van der Waals surface area contributed by atoms with Crippen LogP contribution in [0.1, 0.15) is 73.6 Å². The predicted octanol–water partition coefficient (Wildman–Crippen LogP) is 4.63. The van der Waals surface area contributed by atoms with Crippen LogP contribution >= 0.6 is 0 Å². The van der Waals surface area contributed by atoms with Crippen molar-refractivity contribution in [2.45, 2.75) is 85.3 Å². The minimum atomic E-state index is 0.00686. The van der Waals surface area contributed by atoms with Crippen LogP contribution in [0.2, 0.25) is 0 Å². The van der Waals surface area contributed by atoms with Crippen molar-refractivity contribution in [1.29, 1.82) is 0 Å². The zero-order valence-electron chi connectivity index (χ0n) is 14.9. The lowest BCUT2D eigenvalue weighted by Gasteiger charge is -2.45. The fourth-order valence-electron chi connectivity index (χ4n) is 3.71. The topological polar surface area (TPSA) is 21.3 Å². The highest BCUT2D eigenvalue weighted by Gasteiger charge is 2.39. The maximum atomic E-state index is 5.60. The summed E-state index contributed by atoms with van der Waals surface area (Å²) >= 11 is 0. The SMILES string of the molecule is CCNC1CC(C)CCC1C(C)(C)CCC(C)(C)OC. The summed E-state index contributed by atoms with van der Waals surface area (Å²) in [5, 5.41) is 3.75. The van der Waals surface area contributed by atoms with E-state index in [9.17, 15) is 0 Å². The summed E-state index contributed by atoms with van der Waals surface area (Å²) in [5.41, 5.74) is 0.398. The van der Waals surface area contributed by atoms with Crippen molar-refractivity contribution in [3.05, 3.63) is 0 Å². The van der Waals surface area contributed by atoms with Crippen molar-refractivity contribution in [3.8, 4) is 0 Å². The maximum Gasteiger partial charge on any atom is 0.0623 e. The number of rotatable bonds is 7. The van der Waals surface area contributed by atoms with E-state index in [1.54, 1.807) is 0 Å². The highest BCUT2D eigenvalue weighted by Crippen LogP contribution is 2.44. The second kappa shape index (κ2) is 7.26. The number of hydrogen-bond acceptors (Lipinski definition) is 2. The fraction of sp³-hybridized carbons (Fsp3) is 1.00. The summed E-state index contributed by atoms with van der Waals surface area (Å²) in [6, 6.07) is 0.699. The first-order chi connectivity index (χ1) is 9.22. The number of nitrogens with one attached hydrogen (secondary N) is 1. The second-order valence-electron chi connectivity index (χ2n) is 8.14. The lowest BCUT2D eigenvalue weighted by molar-refractivity contribution is -0.00598. The van der Waals surface area contributed by atoms with Gasteiger partial charge in [-0.15, -0.1) is 0 Å². The molecule has 0 aromatic rings. The number of methoxy groups -OCH3 is 1. The minimum absolute atomic E-state index is 0.00686. The minimum Gasteiger partial charge on any atom is -0.379 e. The zero-order valence-corrected chi connectivity index (χ0v) is 14.9. The Kier molecular flexibility index (Phi) is 6.53. The molecular formula is C18H37NO. The lowest BCUT2D eigenvalue weighted by Crippen LogP contribution is -2.47. The van der Waals surface area contributed by atoms with Crippen LogP contribution in [-0.4, -0.2) is 25.3 Å². The largest absolute Gasteiger partial charge is 0.379 e. The molecule has 1 aliphatic rings. The van der Waals surface area contributed by atoms with Crippen LogP contribution in [0, 0.1) is 17.3 Å².